The van der Waals surface area contributed by atoms with Crippen LogP contribution in [0.3, 0.4) is 0 Å². The van der Waals surface area contributed by atoms with Crippen LogP contribution in [0.1, 0.15) is 6.42 Å². The summed E-state index contributed by atoms with van der Waals surface area (Å²) in [5.74, 6) is -0.309. The van der Waals surface area contributed by atoms with Gasteiger partial charge in [-0.15, -0.1) is 11.3 Å². The van der Waals surface area contributed by atoms with Crippen molar-refractivity contribution in [2.45, 2.75) is 6.42 Å². The average Bonchev–Trinajstić information content (AvgIpc) is 3.27. The van der Waals surface area contributed by atoms with Gasteiger partial charge in [0.25, 0.3) is 0 Å². The van der Waals surface area contributed by atoms with E-state index in [1.807, 2.05) is 23.1 Å². The van der Waals surface area contributed by atoms with Crippen LogP contribution in [0.15, 0.2) is 23.7 Å². The van der Waals surface area contributed by atoms with E-state index in [2.05, 4.69) is 15.2 Å². The zero-order chi connectivity index (χ0) is 17.9. The highest BCUT2D eigenvalue weighted by Crippen LogP contribution is 2.24. The first-order chi connectivity index (χ1) is 12.7. The molecule has 3 heterocycles. The molecule has 2 aliphatic heterocycles. The molecule has 2 aromatic rings. The van der Waals surface area contributed by atoms with Gasteiger partial charge in [0.15, 0.2) is 0 Å². The fourth-order valence-corrected chi connectivity index (χ4v) is 4.14. The molecular weight excluding hydrogens is 352 g/mol. The molecule has 4 rings (SSSR count). The predicted octanol–water partition coefficient (Wildman–Crippen LogP) is 1.42. The average molecular weight is 374 g/mol. The van der Waals surface area contributed by atoms with Crippen LogP contribution >= 0.6 is 11.3 Å². The van der Waals surface area contributed by atoms with Crippen LogP contribution in [0, 0.1) is 5.92 Å². The number of morpholine rings is 1. The number of nitrogens with one attached hydrogen (secondary N) is 1. The number of benzene rings is 1. The molecule has 1 aromatic carbocycles. The number of carbonyl (C=O) groups excluding carboxylic acids is 2. The molecule has 0 spiro atoms. The smallest absolute Gasteiger partial charge is 0.229 e. The highest BCUT2D eigenvalue weighted by molar-refractivity contribution is 7.16. The van der Waals surface area contributed by atoms with Crippen LogP contribution in [-0.2, 0) is 14.3 Å². The first-order valence-electron chi connectivity index (χ1n) is 8.91. The second kappa shape index (κ2) is 7.69. The van der Waals surface area contributed by atoms with E-state index in [4.69, 9.17) is 4.74 Å². The molecule has 0 aliphatic carbocycles. The number of fused-ring (bicyclic) bond motifs is 1. The number of carbonyl (C=O) groups is 2. The number of amides is 2. The molecule has 0 unspecified atom stereocenters. The van der Waals surface area contributed by atoms with Crippen molar-refractivity contribution in [3.63, 3.8) is 0 Å². The summed E-state index contributed by atoms with van der Waals surface area (Å²) in [6.45, 7) is 5.34. The Hall–Kier alpha value is -2.03. The van der Waals surface area contributed by atoms with Gasteiger partial charge in [0, 0.05) is 44.8 Å². The van der Waals surface area contributed by atoms with Crippen LogP contribution in [0.2, 0.25) is 0 Å². The zero-order valence-electron chi connectivity index (χ0n) is 14.5. The number of likely N-dealkylation sites (tertiary alicyclic amines) is 1. The summed E-state index contributed by atoms with van der Waals surface area (Å²) >= 11 is 1.54. The molecule has 8 heteroatoms. The van der Waals surface area contributed by atoms with E-state index >= 15 is 0 Å². The van der Waals surface area contributed by atoms with Gasteiger partial charge in [-0.3, -0.25) is 14.5 Å². The lowest BCUT2D eigenvalue weighted by atomic mass is 10.1. The number of nitrogens with zero attached hydrogens (tertiary/aromatic N) is 3. The summed E-state index contributed by atoms with van der Waals surface area (Å²) in [5.41, 5.74) is 3.47. The van der Waals surface area contributed by atoms with Crippen molar-refractivity contribution in [1.29, 1.82) is 0 Å². The van der Waals surface area contributed by atoms with Crippen molar-refractivity contribution in [3.05, 3.63) is 23.7 Å². The van der Waals surface area contributed by atoms with Crippen LogP contribution in [0.25, 0.3) is 10.2 Å². The molecule has 2 amide bonds. The molecule has 2 saturated heterocycles. The van der Waals surface area contributed by atoms with Crippen molar-refractivity contribution < 1.29 is 14.3 Å². The predicted molar refractivity (Wildman–Crippen MR) is 100 cm³/mol. The molecule has 1 N–H and O–H groups in total. The second-order valence-electron chi connectivity index (χ2n) is 6.72. The zero-order valence-corrected chi connectivity index (χ0v) is 15.3. The summed E-state index contributed by atoms with van der Waals surface area (Å²) in [6, 6.07) is 5.68. The minimum absolute atomic E-state index is 0.0660. The summed E-state index contributed by atoms with van der Waals surface area (Å²) in [6.07, 6.45) is 0.289. The Kier molecular flexibility index (Phi) is 5.14. The topological polar surface area (TPSA) is 74.8 Å². The Morgan fingerprint density at radius 2 is 2.15 bits per heavy atom. The molecule has 7 nitrogen and oxygen atoms in total. The maximum absolute atomic E-state index is 12.6. The van der Waals surface area contributed by atoms with Gasteiger partial charge >= 0.3 is 0 Å². The molecule has 26 heavy (non-hydrogen) atoms. The van der Waals surface area contributed by atoms with E-state index in [0.29, 0.717) is 13.1 Å². The number of hydrogen-bond donors (Lipinski definition) is 1. The van der Waals surface area contributed by atoms with Crippen LogP contribution in [0.4, 0.5) is 5.69 Å². The van der Waals surface area contributed by atoms with E-state index in [1.165, 1.54) is 0 Å². The van der Waals surface area contributed by atoms with Crippen molar-refractivity contribution in [1.82, 2.24) is 14.8 Å². The number of hydrogen-bond acceptors (Lipinski definition) is 6. The lowest BCUT2D eigenvalue weighted by Gasteiger charge is -2.28. The number of rotatable bonds is 5. The molecule has 1 atom stereocenters. The van der Waals surface area contributed by atoms with Gasteiger partial charge in [-0.1, -0.05) is 0 Å². The van der Waals surface area contributed by atoms with Crippen molar-refractivity contribution in [2.24, 2.45) is 5.92 Å². The summed E-state index contributed by atoms with van der Waals surface area (Å²) < 4.78 is 6.38. The lowest BCUT2D eigenvalue weighted by Crippen LogP contribution is -2.42. The van der Waals surface area contributed by atoms with Crippen LogP contribution < -0.4 is 5.32 Å². The third-order valence-corrected chi connectivity index (χ3v) is 5.77. The molecule has 2 aliphatic rings. The lowest BCUT2D eigenvalue weighted by molar-refractivity contribution is -0.128. The van der Waals surface area contributed by atoms with Crippen molar-refractivity contribution >= 4 is 39.1 Å². The van der Waals surface area contributed by atoms with E-state index in [0.717, 1.165) is 48.8 Å². The first kappa shape index (κ1) is 17.4. The third-order valence-electron chi connectivity index (χ3n) is 4.97. The molecule has 1 aromatic heterocycles. The molecule has 0 radical (unpaired) electrons. The van der Waals surface area contributed by atoms with Gasteiger partial charge in [-0.25, -0.2) is 4.98 Å². The minimum Gasteiger partial charge on any atom is -0.379 e. The van der Waals surface area contributed by atoms with Gasteiger partial charge in [0.2, 0.25) is 11.8 Å². The summed E-state index contributed by atoms with van der Waals surface area (Å²) in [5, 5.41) is 2.95. The number of ether oxygens (including phenoxy) is 1. The number of thiazole rings is 1. The molecule has 2 fully saturated rings. The number of aromatic nitrogens is 1. The fourth-order valence-electron chi connectivity index (χ4n) is 3.43. The van der Waals surface area contributed by atoms with E-state index in [1.54, 1.807) is 16.8 Å². The van der Waals surface area contributed by atoms with Crippen molar-refractivity contribution in [3.8, 4) is 0 Å². The fraction of sp³-hybridized carbons (Fsp3) is 0.500. The Morgan fingerprint density at radius 3 is 3.00 bits per heavy atom. The number of anilines is 1. The minimum atomic E-state index is -0.288. The highest BCUT2D eigenvalue weighted by atomic mass is 32.1. The Labute approximate surface area is 155 Å². The first-order valence-corrected chi connectivity index (χ1v) is 9.79. The Bertz CT molecular complexity index is 803. The quantitative estimate of drug-likeness (QED) is 0.857. The molecule has 0 saturated carbocycles. The highest BCUT2D eigenvalue weighted by Gasteiger charge is 2.34. The molecule has 0 bridgehead atoms. The maximum atomic E-state index is 12.6. The van der Waals surface area contributed by atoms with Crippen molar-refractivity contribution in [2.75, 3.05) is 51.3 Å². The van der Waals surface area contributed by atoms with Gasteiger partial charge in [0.05, 0.1) is 34.9 Å². The molecule has 138 valence electrons. The van der Waals surface area contributed by atoms with E-state index in [-0.39, 0.29) is 24.2 Å². The standard InChI is InChI=1S/C18H22N4O3S/c23-17-9-13(11-22(17)4-3-21-5-7-25-8-6-21)18(24)20-14-1-2-15-16(10-14)26-12-19-15/h1-2,10,12-13H,3-9,11H2,(H,20,24)/t13-/m0/s1. The summed E-state index contributed by atoms with van der Waals surface area (Å²) in [7, 11) is 0. The third kappa shape index (κ3) is 3.87. The Morgan fingerprint density at radius 1 is 1.31 bits per heavy atom. The van der Waals surface area contributed by atoms with E-state index in [9.17, 15) is 9.59 Å². The summed E-state index contributed by atoms with van der Waals surface area (Å²) in [4.78, 5) is 33.2. The SMILES string of the molecule is O=C(Nc1ccc2ncsc2c1)[C@H]1CC(=O)N(CCN2CCOCC2)C1. The van der Waals surface area contributed by atoms with Crippen LogP contribution in [0.5, 0.6) is 0 Å². The molecular formula is C18H22N4O3S. The largest absolute Gasteiger partial charge is 0.379 e. The van der Waals surface area contributed by atoms with Gasteiger partial charge in [0.1, 0.15) is 0 Å². The Balaban J connectivity index is 1.31. The normalized spacial score (nSPS) is 21.5. The van der Waals surface area contributed by atoms with Crippen LogP contribution in [-0.4, -0.2) is 72.5 Å². The maximum Gasteiger partial charge on any atom is 0.229 e. The monoisotopic (exact) mass is 374 g/mol. The van der Waals surface area contributed by atoms with E-state index < -0.39 is 0 Å². The van der Waals surface area contributed by atoms with Gasteiger partial charge < -0.3 is 15.0 Å². The second-order valence-corrected chi connectivity index (χ2v) is 7.61. The van der Waals surface area contributed by atoms with Gasteiger partial charge in [-0.05, 0) is 18.2 Å². The van der Waals surface area contributed by atoms with Gasteiger partial charge in [-0.2, -0.15) is 0 Å².